The van der Waals surface area contributed by atoms with Gasteiger partial charge in [0.25, 0.3) is 11.7 Å². The largest absolute Gasteiger partial charge is 0.339 e. The van der Waals surface area contributed by atoms with Crippen LogP contribution in [-0.4, -0.2) is 48.5 Å². The van der Waals surface area contributed by atoms with Gasteiger partial charge in [0.2, 0.25) is 0 Å². The number of hydrogen-bond donors (Lipinski definition) is 0. The van der Waals surface area contributed by atoms with E-state index in [0.717, 1.165) is 72.2 Å². The summed E-state index contributed by atoms with van der Waals surface area (Å²) in [5.74, 6) is 0.701. The number of nitrogens with zero attached hydrogens (tertiary/aromatic N) is 6. The number of likely N-dealkylation sites (tertiary alicyclic amines) is 1. The van der Waals surface area contributed by atoms with Gasteiger partial charge in [0.1, 0.15) is 5.69 Å². The highest BCUT2D eigenvalue weighted by Crippen LogP contribution is 2.53. The molecule has 7 heteroatoms. The van der Waals surface area contributed by atoms with E-state index in [1.165, 1.54) is 5.56 Å². The minimum Gasteiger partial charge on any atom is -0.339 e. The molecule has 2 aliphatic rings. The van der Waals surface area contributed by atoms with Crippen LogP contribution >= 0.6 is 0 Å². The van der Waals surface area contributed by atoms with Crippen molar-refractivity contribution >= 4 is 22.6 Å². The smallest absolute Gasteiger partial charge is 0.253 e. The van der Waals surface area contributed by atoms with Crippen LogP contribution in [0.2, 0.25) is 0 Å². The van der Waals surface area contributed by atoms with Crippen molar-refractivity contribution in [2.75, 3.05) is 13.1 Å². The third-order valence-corrected chi connectivity index (χ3v) is 7.45. The van der Waals surface area contributed by atoms with Crippen LogP contribution in [0.3, 0.4) is 0 Å². The van der Waals surface area contributed by atoms with Gasteiger partial charge in [-0.25, -0.2) is 9.97 Å². The summed E-state index contributed by atoms with van der Waals surface area (Å²) in [6.45, 7) is 1.70. The second-order valence-electron chi connectivity index (χ2n) is 9.57. The number of hydrogen-bond acceptors (Lipinski definition) is 5. The van der Waals surface area contributed by atoms with Gasteiger partial charge < -0.3 is 4.90 Å². The second kappa shape index (κ2) is 7.70. The van der Waals surface area contributed by atoms with Gasteiger partial charge in [-0.3, -0.25) is 9.78 Å². The Bertz CT molecular complexity index is 1580. The average Bonchev–Trinajstić information content (AvgIpc) is 3.32. The summed E-state index contributed by atoms with van der Waals surface area (Å²) in [4.78, 5) is 28.2. The first kappa shape index (κ1) is 20.3. The fraction of sp³-hybridized carbons (Fsp3) is 0.250. The second-order valence-corrected chi connectivity index (χ2v) is 9.57. The lowest BCUT2D eigenvalue weighted by Gasteiger charge is -2.16. The SMILES string of the molecule is O=C(c1ccc(-c2cnc3ncc(C4(c5ccc6ncccc6c5)CC4)n3n2)cc1)N1CCCC1. The Hall–Kier alpha value is -4.13. The zero-order valence-corrected chi connectivity index (χ0v) is 19.3. The van der Waals surface area contributed by atoms with Gasteiger partial charge in [0.05, 0.1) is 23.6 Å². The summed E-state index contributed by atoms with van der Waals surface area (Å²) in [6, 6.07) is 18.3. The predicted octanol–water partition coefficient (Wildman–Crippen LogP) is 4.66. The van der Waals surface area contributed by atoms with Crippen LogP contribution < -0.4 is 0 Å². The van der Waals surface area contributed by atoms with Gasteiger partial charge in [0, 0.05) is 41.2 Å². The lowest BCUT2D eigenvalue weighted by Crippen LogP contribution is -2.27. The molecule has 0 atom stereocenters. The summed E-state index contributed by atoms with van der Waals surface area (Å²) >= 11 is 0. The van der Waals surface area contributed by atoms with E-state index in [2.05, 4.69) is 39.2 Å². The van der Waals surface area contributed by atoms with Gasteiger partial charge in [-0.05, 0) is 61.6 Å². The molecule has 1 aliphatic carbocycles. The van der Waals surface area contributed by atoms with Crippen LogP contribution in [0.25, 0.3) is 27.9 Å². The van der Waals surface area contributed by atoms with Crippen molar-refractivity contribution < 1.29 is 4.79 Å². The number of imidazole rings is 1. The Morgan fingerprint density at radius 2 is 1.69 bits per heavy atom. The molecule has 2 aromatic carbocycles. The number of carbonyl (C=O) groups excluding carboxylic acids is 1. The molecule has 1 saturated heterocycles. The Balaban J connectivity index is 1.24. The van der Waals surface area contributed by atoms with E-state index < -0.39 is 0 Å². The number of benzene rings is 2. The highest BCUT2D eigenvalue weighted by atomic mass is 16.2. The summed E-state index contributed by atoms with van der Waals surface area (Å²) in [7, 11) is 0. The summed E-state index contributed by atoms with van der Waals surface area (Å²) in [5, 5.41) is 6.07. The maximum absolute atomic E-state index is 12.7. The van der Waals surface area contributed by atoms with Crippen LogP contribution in [0.1, 0.15) is 47.3 Å². The number of rotatable bonds is 4. The van der Waals surface area contributed by atoms with Gasteiger partial charge in [-0.15, -0.1) is 0 Å². The third-order valence-electron chi connectivity index (χ3n) is 7.45. The van der Waals surface area contributed by atoms with E-state index in [0.29, 0.717) is 5.78 Å². The molecule has 35 heavy (non-hydrogen) atoms. The first-order valence-corrected chi connectivity index (χ1v) is 12.2. The molecule has 5 aromatic rings. The minimum absolute atomic E-state index is 0.105. The van der Waals surface area contributed by atoms with E-state index >= 15 is 0 Å². The molecule has 1 saturated carbocycles. The predicted molar refractivity (Wildman–Crippen MR) is 133 cm³/mol. The van der Waals surface area contributed by atoms with Crippen LogP contribution in [-0.2, 0) is 5.41 Å². The van der Waals surface area contributed by atoms with Gasteiger partial charge in [-0.1, -0.05) is 24.3 Å². The third kappa shape index (κ3) is 3.30. The summed E-state index contributed by atoms with van der Waals surface area (Å²) < 4.78 is 1.89. The van der Waals surface area contributed by atoms with Crippen molar-refractivity contribution in [1.29, 1.82) is 0 Å². The molecular formula is C28H24N6O. The van der Waals surface area contributed by atoms with Gasteiger partial charge >= 0.3 is 0 Å². The van der Waals surface area contributed by atoms with Crippen molar-refractivity contribution in [3.05, 3.63) is 90.0 Å². The molecule has 0 radical (unpaired) electrons. The van der Waals surface area contributed by atoms with E-state index in [-0.39, 0.29) is 11.3 Å². The monoisotopic (exact) mass is 460 g/mol. The molecule has 4 heterocycles. The average molecular weight is 461 g/mol. The van der Waals surface area contributed by atoms with Gasteiger partial charge in [0.15, 0.2) is 0 Å². The van der Waals surface area contributed by atoms with Crippen LogP contribution in [0, 0.1) is 0 Å². The number of amides is 1. The Morgan fingerprint density at radius 1 is 0.886 bits per heavy atom. The molecule has 2 fully saturated rings. The molecule has 0 unspecified atom stereocenters. The summed E-state index contributed by atoms with van der Waals surface area (Å²) in [5.41, 5.74) is 5.62. The van der Waals surface area contributed by atoms with Crippen molar-refractivity contribution in [2.24, 2.45) is 0 Å². The molecular weight excluding hydrogens is 436 g/mol. The Morgan fingerprint density at radius 3 is 2.49 bits per heavy atom. The molecule has 7 nitrogen and oxygen atoms in total. The lowest BCUT2D eigenvalue weighted by molar-refractivity contribution is 0.0793. The zero-order valence-electron chi connectivity index (χ0n) is 19.3. The van der Waals surface area contributed by atoms with Gasteiger partial charge in [-0.2, -0.15) is 9.61 Å². The molecule has 1 amide bonds. The fourth-order valence-corrected chi connectivity index (χ4v) is 5.31. The van der Waals surface area contributed by atoms with Crippen molar-refractivity contribution in [1.82, 2.24) is 29.5 Å². The molecule has 1 aliphatic heterocycles. The highest BCUT2D eigenvalue weighted by molar-refractivity contribution is 5.94. The highest BCUT2D eigenvalue weighted by Gasteiger charge is 2.48. The summed E-state index contributed by atoms with van der Waals surface area (Å²) in [6.07, 6.45) is 9.76. The first-order valence-electron chi connectivity index (χ1n) is 12.2. The van der Waals surface area contributed by atoms with Crippen molar-refractivity contribution in [3.8, 4) is 11.3 Å². The standard InChI is InChI=1S/C28H24N6O/c35-26(33-14-1-2-15-33)20-7-5-19(6-8-20)24-17-30-27-31-18-25(34(27)32-24)28(11-12-28)22-9-10-23-21(16-22)4-3-13-29-23/h3-10,13,16-18H,1-2,11-12,14-15H2. The molecule has 0 spiro atoms. The van der Waals surface area contributed by atoms with Crippen LogP contribution in [0.4, 0.5) is 0 Å². The maximum Gasteiger partial charge on any atom is 0.253 e. The minimum atomic E-state index is -0.108. The number of pyridine rings is 1. The number of aromatic nitrogens is 5. The van der Waals surface area contributed by atoms with E-state index in [1.807, 2.05) is 52.1 Å². The van der Waals surface area contributed by atoms with E-state index in [9.17, 15) is 4.79 Å². The fourth-order valence-electron chi connectivity index (χ4n) is 5.31. The molecule has 3 aromatic heterocycles. The quantitative estimate of drug-likeness (QED) is 0.390. The maximum atomic E-state index is 12.7. The zero-order chi connectivity index (χ0) is 23.4. The number of carbonyl (C=O) groups is 1. The molecule has 7 rings (SSSR count). The Labute approximate surface area is 202 Å². The lowest BCUT2D eigenvalue weighted by atomic mass is 9.91. The number of fused-ring (bicyclic) bond motifs is 2. The molecule has 0 bridgehead atoms. The van der Waals surface area contributed by atoms with E-state index in [4.69, 9.17) is 5.10 Å². The van der Waals surface area contributed by atoms with Crippen molar-refractivity contribution in [3.63, 3.8) is 0 Å². The first-order chi connectivity index (χ1) is 17.2. The van der Waals surface area contributed by atoms with Crippen LogP contribution in [0.15, 0.2) is 73.2 Å². The molecule has 172 valence electrons. The molecule has 0 N–H and O–H groups in total. The normalized spacial score (nSPS) is 16.7. The van der Waals surface area contributed by atoms with Crippen LogP contribution in [0.5, 0.6) is 0 Å². The van der Waals surface area contributed by atoms with E-state index in [1.54, 1.807) is 6.20 Å². The van der Waals surface area contributed by atoms with Crippen molar-refractivity contribution in [2.45, 2.75) is 31.1 Å². The topological polar surface area (TPSA) is 76.3 Å². The Kier molecular flexibility index (Phi) is 4.46.